The molecule has 4 nitrogen and oxygen atoms in total. The number of amides is 1. The number of hydrogen-bond acceptors (Lipinski definition) is 3. The van der Waals surface area contributed by atoms with Crippen LogP contribution in [0.1, 0.15) is 22.8 Å². The number of carbonyl (C=O) groups is 2. The normalized spacial score (nSPS) is 16.2. The van der Waals surface area contributed by atoms with Crippen LogP contribution in [0.4, 0.5) is 0 Å². The van der Waals surface area contributed by atoms with Crippen LogP contribution in [0.15, 0.2) is 12.3 Å². The van der Waals surface area contributed by atoms with E-state index in [4.69, 9.17) is 0 Å². The molecule has 72 valence electrons. The zero-order chi connectivity index (χ0) is 10.1. The second kappa shape index (κ2) is 3.46. The molecular formula is C9H9N2O2P. The molecule has 0 fully saturated rings. The van der Waals surface area contributed by atoms with E-state index in [1.807, 2.05) is 0 Å². The number of Topliss-reactive ketones (excluding diaryl/α,β-unsaturated/α-hetero) is 1. The van der Waals surface area contributed by atoms with Gasteiger partial charge in [0.15, 0.2) is 5.78 Å². The molecule has 0 saturated heterocycles. The van der Waals surface area contributed by atoms with Gasteiger partial charge in [0.1, 0.15) is 0 Å². The third-order valence-corrected chi connectivity index (χ3v) is 3.14. The summed E-state index contributed by atoms with van der Waals surface area (Å²) in [6.45, 7) is 1.49. The van der Waals surface area contributed by atoms with E-state index >= 15 is 0 Å². The van der Waals surface area contributed by atoms with Crippen LogP contribution in [0.3, 0.4) is 0 Å². The van der Waals surface area contributed by atoms with Gasteiger partial charge in [-0.15, -0.1) is 0 Å². The number of nitrogens with one attached hydrogen (secondary N) is 1. The van der Waals surface area contributed by atoms with Crippen molar-refractivity contribution in [3.8, 4) is 0 Å². The van der Waals surface area contributed by atoms with Gasteiger partial charge in [0.2, 0.25) is 5.91 Å². The number of pyridine rings is 1. The Morgan fingerprint density at radius 1 is 1.64 bits per heavy atom. The van der Waals surface area contributed by atoms with E-state index in [1.54, 1.807) is 12.3 Å². The molecule has 1 aliphatic heterocycles. The topological polar surface area (TPSA) is 59.1 Å². The number of fused-ring (bicyclic) bond motifs is 1. The predicted octanol–water partition coefficient (Wildman–Crippen LogP) is 0.175. The van der Waals surface area contributed by atoms with Crippen molar-refractivity contribution < 1.29 is 9.59 Å². The van der Waals surface area contributed by atoms with Crippen molar-refractivity contribution in [2.24, 2.45) is 0 Å². The maximum absolute atomic E-state index is 11.1. The molecule has 1 amide bonds. The molecule has 5 heteroatoms. The zero-order valence-corrected chi connectivity index (χ0v) is 8.63. The van der Waals surface area contributed by atoms with Crippen molar-refractivity contribution in [3.05, 3.63) is 23.4 Å². The zero-order valence-electron chi connectivity index (χ0n) is 7.63. The first-order valence-corrected chi connectivity index (χ1v) is 5.21. The van der Waals surface area contributed by atoms with E-state index < -0.39 is 0 Å². The van der Waals surface area contributed by atoms with Gasteiger partial charge >= 0.3 is 0 Å². The van der Waals surface area contributed by atoms with Gasteiger partial charge in [0, 0.05) is 20.5 Å². The van der Waals surface area contributed by atoms with Gasteiger partial charge in [-0.2, -0.15) is 0 Å². The second-order valence-electron chi connectivity index (χ2n) is 3.14. The molecule has 14 heavy (non-hydrogen) atoms. The van der Waals surface area contributed by atoms with E-state index in [-0.39, 0.29) is 20.4 Å². The lowest BCUT2D eigenvalue weighted by Gasteiger charge is -2.15. The smallest absolute Gasteiger partial charge is 0.227 e. The summed E-state index contributed by atoms with van der Waals surface area (Å²) < 4.78 is 0. The van der Waals surface area contributed by atoms with Crippen molar-refractivity contribution in [2.75, 3.05) is 0 Å². The minimum atomic E-state index is -0.0189. The van der Waals surface area contributed by atoms with E-state index in [1.165, 1.54) is 6.92 Å². The third kappa shape index (κ3) is 1.66. The van der Waals surface area contributed by atoms with Crippen molar-refractivity contribution in [1.82, 2.24) is 10.1 Å². The molecule has 2 heterocycles. The van der Waals surface area contributed by atoms with Crippen LogP contribution in [0.2, 0.25) is 0 Å². The standard InChI is InChI=1S/C9H9N2O2P/c1-5(12)7-2-6-3-8(13)11-14-9(6)10-4-7/h2,4,14H,3H2,1H3,(H,11,13). The molecule has 0 aromatic carbocycles. The molecular weight excluding hydrogens is 199 g/mol. The largest absolute Gasteiger partial charge is 0.332 e. The third-order valence-electron chi connectivity index (χ3n) is 2.04. The van der Waals surface area contributed by atoms with Gasteiger partial charge in [-0.3, -0.25) is 14.6 Å². The van der Waals surface area contributed by atoms with Gasteiger partial charge < -0.3 is 5.09 Å². The molecule has 1 aliphatic rings. The summed E-state index contributed by atoms with van der Waals surface area (Å²) in [5, 5.41) is 2.73. The summed E-state index contributed by atoms with van der Waals surface area (Å²) in [5.41, 5.74) is 2.33. The number of carbonyl (C=O) groups excluding carboxylic acids is 2. The van der Waals surface area contributed by atoms with E-state index in [9.17, 15) is 9.59 Å². The average molecular weight is 208 g/mol. The second-order valence-corrected chi connectivity index (χ2v) is 4.11. The Bertz CT molecular complexity index is 417. The fourth-order valence-electron chi connectivity index (χ4n) is 1.30. The van der Waals surface area contributed by atoms with E-state index in [2.05, 4.69) is 10.1 Å². The van der Waals surface area contributed by atoms with Gasteiger partial charge in [-0.25, -0.2) is 0 Å². The molecule has 1 aromatic rings. The Morgan fingerprint density at radius 2 is 2.43 bits per heavy atom. The Kier molecular flexibility index (Phi) is 2.30. The number of nitrogens with zero attached hydrogens (tertiary/aromatic N) is 1. The lowest BCUT2D eigenvalue weighted by atomic mass is 10.1. The number of ketones is 1. The summed E-state index contributed by atoms with van der Waals surface area (Å²) in [4.78, 5) is 26.3. The minimum Gasteiger partial charge on any atom is -0.332 e. The molecule has 0 radical (unpaired) electrons. The molecule has 2 rings (SSSR count). The maximum Gasteiger partial charge on any atom is 0.227 e. The molecule has 0 saturated carbocycles. The first-order valence-electron chi connectivity index (χ1n) is 4.21. The molecule has 0 bridgehead atoms. The fraction of sp³-hybridized carbons (Fsp3) is 0.222. The minimum absolute atomic E-state index is 0.00154. The van der Waals surface area contributed by atoms with Crippen LogP contribution in [-0.4, -0.2) is 16.7 Å². The SMILES string of the molecule is CC(=O)c1cnc2c(c1)CC(=O)NP2. The highest BCUT2D eigenvalue weighted by molar-refractivity contribution is 7.45. The Labute approximate surface area is 82.9 Å². The van der Waals surface area contributed by atoms with E-state index in [0.717, 1.165) is 11.0 Å². The lowest BCUT2D eigenvalue weighted by molar-refractivity contribution is -0.118. The fourth-order valence-corrected chi connectivity index (χ4v) is 2.09. The number of hydrogen-bond donors (Lipinski definition) is 1. The van der Waals surface area contributed by atoms with Crippen LogP contribution in [0, 0.1) is 0 Å². The number of rotatable bonds is 1. The molecule has 1 aromatic heterocycles. The van der Waals surface area contributed by atoms with Crippen LogP contribution in [0.25, 0.3) is 0 Å². The highest BCUT2D eigenvalue weighted by Gasteiger charge is 2.16. The van der Waals surface area contributed by atoms with Gasteiger partial charge in [0.25, 0.3) is 0 Å². The van der Waals surface area contributed by atoms with Gasteiger partial charge in [0.05, 0.1) is 11.9 Å². The first-order chi connectivity index (χ1) is 6.66. The average Bonchev–Trinajstić information content (AvgIpc) is 2.16. The quantitative estimate of drug-likeness (QED) is 0.529. The summed E-state index contributed by atoms with van der Waals surface area (Å²) >= 11 is 0. The van der Waals surface area contributed by atoms with Crippen molar-refractivity contribution in [3.63, 3.8) is 0 Å². The Balaban J connectivity index is 2.42. The van der Waals surface area contributed by atoms with Gasteiger partial charge in [-0.1, -0.05) is 0 Å². The van der Waals surface area contributed by atoms with Gasteiger partial charge in [-0.05, 0) is 18.6 Å². The van der Waals surface area contributed by atoms with Crippen molar-refractivity contribution in [1.29, 1.82) is 0 Å². The highest BCUT2D eigenvalue weighted by atomic mass is 31.1. The highest BCUT2D eigenvalue weighted by Crippen LogP contribution is 2.15. The monoisotopic (exact) mass is 208 g/mol. The van der Waals surface area contributed by atoms with Crippen LogP contribution in [0.5, 0.6) is 0 Å². The molecule has 1 N–H and O–H groups in total. The van der Waals surface area contributed by atoms with Crippen LogP contribution < -0.4 is 10.5 Å². The lowest BCUT2D eigenvalue weighted by Crippen LogP contribution is -2.30. The Hall–Kier alpha value is -1.28. The molecule has 1 atom stereocenters. The Morgan fingerprint density at radius 3 is 3.14 bits per heavy atom. The first kappa shape index (κ1) is 9.28. The number of aromatic nitrogens is 1. The van der Waals surface area contributed by atoms with Crippen molar-refractivity contribution in [2.45, 2.75) is 13.3 Å². The summed E-state index contributed by atoms with van der Waals surface area (Å²) in [6, 6.07) is 1.76. The summed E-state index contributed by atoms with van der Waals surface area (Å²) in [7, 11) is 0.221. The van der Waals surface area contributed by atoms with Crippen LogP contribution >= 0.6 is 8.73 Å². The molecule has 0 aliphatic carbocycles. The summed E-state index contributed by atoms with van der Waals surface area (Å²) in [6.07, 6.45) is 1.89. The van der Waals surface area contributed by atoms with E-state index in [0.29, 0.717) is 12.0 Å². The summed E-state index contributed by atoms with van der Waals surface area (Å²) in [5.74, 6) is -0.0204. The molecule has 1 unspecified atom stereocenters. The molecule has 0 spiro atoms. The maximum atomic E-state index is 11.1. The predicted molar refractivity (Wildman–Crippen MR) is 54.0 cm³/mol. The van der Waals surface area contributed by atoms with Crippen LogP contribution in [-0.2, 0) is 11.2 Å². The van der Waals surface area contributed by atoms with Crippen molar-refractivity contribution >= 4 is 25.9 Å².